The molecule has 132 valence electrons. The van der Waals surface area contributed by atoms with Crippen molar-refractivity contribution in [2.45, 2.75) is 25.9 Å². The Hall–Kier alpha value is -2.83. The normalized spacial score (nSPS) is 14.8. The number of carbonyl (C=O) groups excluding carboxylic acids is 1. The van der Waals surface area contributed by atoms with E-state index in [-0.39, 0.29) is 12.1 Å². The third-order valence-electron chi connectivity index (χ3n) is 3.98. The van der Waals surface area contributed by atoms with Gasteiger partial charge in [-0.3, -0.25) is 0 Å². The lowest BCUT2D eigenvalue weighted by atomic mass is 10.1. The molecule has 0 bridgehead atoms. The molecule has 1 aliphatic rings. The second-order valence-corrected chi connectivity index (χ2v) is 5.75. The number of benzene rings is 1. The smallest absolute Gasteiger partial charge is 0.321 e. The minimum Gasteiger partial charge on any atom is -0.494 e. The van der Waals surface area contributed by atoms with Gasteiger partial charge in [-0.15, -0.1) is 5.10 Å². The van der Waals surface area contributed by atoms with Gasteiger partial charge in [0.15, 0.2) is 0 Å². The van der Waals surface area contributed by atoms with Crippen molar-refractivity contribution in [3.05, 3.63) is 42.6 Å². The number of rotatable bonds is 5. The predicted molar refractivity (Wildman–Crippen MR) is 93.9 cm³/mol. The highest BCUT2D eigenvalue weighted by atomic mass is 16.5. The largest absolute Gasteiger partial charge is 0.494 e. The molecule has 1 aromatic heterocycles. The maximum absolute atomic E-state index is 12.4. The Morgan fingerprint density at radius 2 is 2.00 bits per heavy atom. The summed E-state index contributed by atoms with van der Waals surface area (Å²) in [6.45, 7) is 3.85. The molecule has 25 heavy (non-hydrogen) atoms. The van der Waals surface area contributed by atoms with Crippen molar-refractivity contribution >= 4 is 11.7 Å². The lowest BCUT2D eigenvalue weighted by Gasteiger charge is -2.31. The number of aromatic nitrogens is 2. The van der Waals surface area contributed by atoms with Crippen molar-refractivity contribution < 1.29 is 14.3 Å². The molecule has 0 unspecified atom stereocenters. The Labute approximate surface area is 147 Å². The van der Waals surface area contributed by atoms with Gasteiger partial charge in [0.05, 0.1) is 6.61 Å². The van der Waals surface area contributed by atoms with E-state index in [9.17, 15) is 4.79 Å². The number of urea groups is 1. The maximum atomic E-state index is 12.4. The van der Waals surface area contributed by atoms with Crippen LogP contribution in [0.4, 0.5) is 10.5 Å². The van der Waals surface area contributed by atoms with E-state index in [2.05, 4.69) is 15.5 Å². The van der Waals surface area contributed by atoms with Gasteiger partial charge in [-0.05, 0) is 37.3 Å². The van der Waals surface area contributed by atoms with Crippen molar-refractivity contribution in [1.82, 2.24) is 15.1 Å². The quantitative estimate of drug-likeness (QED) is 0.904. The van der Waals surface area contributed by atoms with Gasteiger partial charge in [0.1, 0.15) is 11.9 Å². The zero-order chi connectivity index (χ0) is 17.5. The van der Waals surface area contributed by atoms with Crippen LogP contribution in [-0.4, -0.2) is 46.9 Å². The van der Waals surface area contributed by atoms with Crippen LogP contribution in [-0.2, 0) is 0 Å². The highest BCUT2D eigenvalue weighted by molar-refractivity contribution is 5.89. The molecule has 1 fully saturated rings. The summed E-state index contributed by atoms with van der Waals surface area (Å²) >= 11 is 0. The van der Waals surface area contributed by atoms with E-state index in [0.717, 1.165) is 24.3 Å². The van der Waals surface area contributed by atoms with E-state index in [1.54, 1.807) is 23.2 Å². The average molecular weight is 342 g/mol. The summed E-state index contributed by atoms with van der Waals surface area (Å²) in [5.74, 6) is 1.32. The number of anilines is 1. The Morgan fingerprint density at radius 3 is 2.64 bits per heavy atom. The number of hydrogen-bond donors (Lipinski definition) is 1. The molecule has 2 heterocycles. The van der Waals surface area contributed by atoms with Crippen LogP contribution < -0.4 is 14.8 Å². The van der Waals surface area contributed by atoms with E-state index in [1.165, 1.54) is 0 Å². The first-order valence-electron chi connectivity index (χ1n) is 8.47. The topological polar surface area (TPSA) is 76.6 Å². The van der Waals surface area contributed by atoms with Crippen molar-refractivity contribution in [2.75, 3.05) is 25.0 Å². The number of ether oxygens (including phenoxy) is 2. The van der Waals surface area contributed by atoms with Gasteiger partial charge in [0.2, 0.25) is 5.88 Å². The number of amides is 2. The van der Waals surface area contributed by atoms with Gasteiger partial charge in [-0.25, -0.2) is 4.79 Å². The molecule has 0 saturated carbocycles. The lowest BCUT2D eigenvalue weighted by Crippen LogP contribution is -2.43. The molecular weight excluding hydrogens is 320 g/mol. The summed E-state index contributed by atoms with van der Waals surface area (Å²) in [7, 11) is 0. The molecule has 3 rings (SSSR count). The molecule has 2 amide bonds. The zero-order valence-electron chi connectivity index (χ0n) is 14.2. The number of hydrogen-bond acceptors (Lipinski definition) is 5. The summed E-state index contributed by atoms with van der Waals surface area (Å²) in [5.41, 5.74) is 0.756. The van der Waals surface area contributed by atoms with E-state index in [1.807, 2.05) is 31.2 Å². The summed E-state index contributed by atoms with van der Waals surface area (Å²) in [6.07, 6.45) is 3.22. The lowest BCUT2D eigenvalue weighted by molar-refractivity contribution is 0.110. The van der Waals surface area contributed by atoms with E-state index in [0.29, 0.717) is 25.6 Å². The minimum absolute atomic E-state index is 0.0613. The average Bonchev–Trinajstić information content (AvgIpc) is 2.65. The van der Waals surface area contributed by atoms with Crippen molar-refractivity contribution in [2.24, 2.45) is 0 Å². The van der Waals surface area contributed by atoms with E-state index < -0.39 is 0 Å². The van der Waals surface area contributed by atoms with Gasteiger partial charge >= 0.3 is 6.03 Å². The molecular formula is C18H22N4O3. The molecule has 1 saturated heterocycles. The van der Waals surface area contributed by atoms with Crippen LogP contribution in [0.3, 0.4) is 0 Å². The molecule has 7 nitrogen and oxygen atoms in total. The molecule has 0 aliphatic carbocycles. The van der Waals surface area contributed by atoms with Crippen LogP contribution >= 0.6 is 0 Å². The monoisotopic (exact) mass is 342 g/mol. The van der Waals surface area contributed by atoms with Crippen molar-refractivity contribution in [3.8, 4) is 11.6 Å². The fourth-order valence-electron chi connectivity index (χ4n) is 2.70. The molecule has 7 heteroatoms. The Kier molecular flexibility index (Phi) is 5.66. The second-order valence-electron chi connectivity index (χ2n) is 5.75. The first-order valence-corrected chi connectivity index (χ1v) is 8.47. The highest BCUT2D eigenvalue weighted by Crippen LogP contribution is 2.19. The molecule has 0 radical (unpaired) electrons. The fraction of sp³-hybridized carbons (Fsp3) is 0.389. The Bertz CT molecular complexity index is 670. The molecule has 1 aromatic carbocycles. The van der Waals surface area contributed by atoms with Gasteiger partial charge in [-0.2, -0.15) is 5.10 Å². The number of carbonyl (C=O) groups is 1. The van der Waals surface area contributed by atoms with Crippen LogP contribution in [0.5, 0.6) is 11.6 Å². The number of nitrogens with zero attached hydrogens (tertiary/aromatic N) is 3. The molecule has 0 spiro atoms. The van der Waals surface area contributed by atoms with E-state index in [4.69, 9.17) is 9.47 Å². The number of piperidine rings is 1. The van der Waals surface area contributed by atoms with Gasteiger partial charge < -0.3 is 19.7 Å². The summed E-state index contributed by atoms with van der Waals surface area (Å²) < 4.78 is 11.2. The standard InChI is InChI=1S/C18H22N4O3/c1-2-24-15-7-5-14(6-8-15)20-18(23)22-12-9-16(10-13-22)25-17-4-3-11-19-21-17/h3-8,11,16H,2,9-10,12-13H2,1H3,(H,20,23). The molecule has 1 aliphatic heterocycles. The third kappa shape index (κ3) is 4.82. The Balaban J connectivity index is 1.46. The Morgan fingerprint density at radius 1 is 1.24 bits per heavy atom. The van der Waals surface area contributed by atoms with Crippen molar-refractivity contribution in [3.63, 3.8) is 0 Å². The number of nitrogens with one attached hydrogen (secondary N) is 1. The third-order valence-corrected chi connectivity index (χ3v) is 3.98. The zero-order valence-corrected chi connectivity index (χ0v) is 14.2. The van der Waals surface area contributed by atoms with Crippen LogP contribution in [0, 0.1) is 0 Å². The van der Waals surface area contributed by atoms with Gasteiger partial charge in [0, 0.05) is 43.9 Å². The van der Waals surface area contributed by atoms with E-state index >= 15 is 0 Å². The van der Waals surface area contributed by atoms with Gasteiger partial charge in [-0.1, -0.05) is 0 Å². The highest BCUT2D eigenvalue weighted by Gasteiger charge is 2.24. The van der Waals surface area contributed by atoms with Crippen LogP contribution in [0.25, 0.3) is 0 Å². The SMILES string of the molecule is CCOc1ccc(NC(=O)N2CCC(Oc3cccnn3)CC2)cc1. The maximum Gasteiger partial charge on any atom is 0.321 e. The molecule has 2 aromatic rings. The predicted octanol–water partition coefficient (Wildman–Crippen LogP) is 2.95. The molecule has 1 N–H and O–H groups in total. The summed E-state index contributed by atoms with van der Waals surface area (Å²) in [5, 5.41) is 10.6. The first kappa shape index (κ1) is 17.0. The fourth-order valence-corrected chi connectivity index (χ4v) is 2.70. The summed E-state index contributed by atoms with van der Waals surface area (Å²) in [4.78, 5) is 14.2. The van der Waals surface area contributed by atoms with Crippen LogP contribution in [0.15, 0.2) is 42.6 Å². The van der Waals surface area contributed by atoms with Crippen LogP contribution in [0.2, 0.25) is 0 Å². The van der Waals surface area contributed by atoms with Gasteiger partial charge in [0.25, 0.3) is 0 Å². The molecule has 0 atom stereocenters. The van der Waals surface area contributed by atoms with Crippen molar-refractivity contribution in [1.29, 1.82) is 0 Å². The number of likely N-dealkylation sites (tertiary alicyclic amines) is 1. The summed E-state index contributed by atoms with van der Waals surface area (Å²) in [6, 6.07) is 10.9. The van der Waals surface area contributed by atoms with Crippen LogP contribution in [0.1, 0.15) is 19.8 Å². The first-order chi connectivity index (χ1) is 12.2. The minimum atomic E-state index is -0.0953. The second kappa shape index (κ2) is 8.32.